The standard InChI is InChI=1S/C21H19F2N3O4/c22-12-3-1-11(15(23)6-12)7-24-20(29)14-8-25-9-16-10-2-4-13(5-10)26(16)21(30)17(25)19(28)18(14)27/h1,3,6,8,10,13,16,28H,2,4-5,7,9H2,(H,24,29). The number of hydrogen-bond donors (Lipinski definition) is 2. The second-order valence-corrected chi connectivity index (χ2v) is 8.15. The Morgan fingerprint density at radius 1 is 1.23 bits per heavy atom. The van der Waals surface area contributed by atoms with E-state index in [4.69, 9.17) is 0 Å². The van der Waals surface area contributed by atoms with Crippen LogP contribution in [0.1, 0.15) is 45.7 Å². The molecule has 7 nitrogen and oxygen atoms in total. The number of rotatable bonds is 3. The second kappa shape index (κ2) is 6.65. The molecular weight excluding hydrogens is 396 g/mol. The van der Waals surface area contributed by atoms with Gasteiger partial charge in [0.2, 0.25) is 5.43 Å². The molecule has 1 saturated heterocycles. The number of aromatic hydroxyl groups is 1. The summed E-state index contributed by atoms with van der Waals surface area (Å²) >= 11 is 0. The first-order chi connectivity index (χ1) is 14.3. The molecule has 156 valence electrons. The maximum atomic E-state index is 13.8. The van der Waals surface area contributed by atoms with Gasteiger partial charge in [-0.2, -0.15) is 0 Å². The van der Waals surface area contributed by atoms with Gasteiger partial charge in [-0.1, -0.05) is 6.07 Å². The van der Waals surface area contributed by atoms with Gasteiger partial charge in [0.1, 0.15) is 17.2 Å². The van der Waals surface area contributed by atoms with Crippen LogP contribution in [-0.2, 0) is 13.1 Å². The van der Waals surface area contributed by atoms with Crippen LogP contribution in [0.5, 0.6) is 5.75 Å². The molecule has 2 amide bonds. The molecule has 2 aromatic rings. The van der Waals surface area contributed by atoms with E-state index in [2.05, 4.69) is 5.32 Å². The second-order valence-electron chi connectivity index (χ2n) is 8.15. The lowest BCUT2D eigenvalue weighted by Crippen LogP contribution is -2.52. The SMILES string of the molecule is O=C(NCc1ccc(F)cc1F)c1cn2c(c(O)c1=O)C(=O)N1C3CCC(C3)C1C2. The van der Waals surface area contributed by atoms with Crippen molar-refractivity contribution in [3.63, 3.8) is 0 Å². The molecular formula is C21H19F2N3O4. The number of nitrogens with one attached hydrogen (secondary N) is 1. The third kappa shape index (κ3) is 2.72. The summed E-state index contributed by atoms with van der Waals surface area (Å²) in [6.45, 7) is 0.148. The maximum Gasteiger partial charge on any atom is 0.275 e. The molecule has 2 fully saturated rings. The Labute approximate surface area is 169 Å². The Hall–Kier alpha value is -3.23. The Bertz CT molecular complexity index is 1150. The quantitative estimate of drug-likeness (QED) is 0.799. The summed E-state index contributed by atoms with van der Waals surface area (Å²) in [7, 11) is 0. The zero-order valence-electron chi connectivity index (χ0n) is 15.9. The summed E-state index contributed by atoms with van der Waals surface area (Å²) < 4.78 is 28.3. The van der Waals surface area contributed by atoms with Crippen LogP contribution >= 0.6 is 0 Å². The van der Waals surface area contributed by atoms with Crippen molar-refractivity contribution in [2.24, 2.45) is 5.92 Å². The lowest BCUT2D eigenvalue weighted by atomic mass is 9.95. The molecule has 1 aromatic heterocycles. The largest absolute Gasteiger partial charge is 0.503 e. The zero-order chi connectivity index (χ0) is 21.2. The third-order valence-electron chi connectivity index (χ3n) is 6.52. The molecule has 0 spiro atoms. The maximum absolute atomic E-state index is 13.8. The molecule has 2 aliphatic heterocycles. The number of halogens is 2. The van der Waals surface area contributed by atoms with Gasteiger partial charge in [0.15, 0.2) is 11.4 Å². The Balaban J connectivity index is 1.44. The van der Waals surface area contributed by atoms with Crippen molar-refractivity contribution in [1.82, 2.24) is 14.8 Å². The predicted octanol–water partition coefficient (Wildman–Crippen LogP) is 1.77. The fourth-order valence-corrected chi connectivity index (χ4v) is 5.08. The first-order valence-electron chi connectivity index (χ1n) is 9.86. The van der Waals surface area contributed by atoms with Crippen LogP contribution in [0.4, 0.5) is 8.78 Å². The van der Waals surface area contributed by atoms with Gasteiger partial charge in [-0.15, -0.1) is 0 Å². The van der Waals surface area contributed by atoms with E-state index in [-0.39, 0.29) is 41.4 Å². The molecule has 2 N–H and O–H groups in total. The van der Waals surface area contributed by atoms with Crippen LogP contribution in [0.3, 0.4) is 0 Å². The molecule has 3 unspecified atom stereocenters. The topological polar surface area (TPSA) is 91.6 Å². The Kier molecular flexibility index (Phi) is 4.16. The molecule has 30 heavy (non-hydrogen) atoms. The normalized spacial score (nSPS) is 24.0. The Morgan fingerprint density at radius 2 is 2.03 bits per heavy atom. The van der Waals surface area contributed by atoms with Gasteiger partial charge in [-0.25, -0.2) is 8.78 Å². The molecule has 3 atom stereocenters. The number of hydrogen-bond acceptors (Lipinski definition) is 4. The van der Waals surface area contributed by atoms with E-state index in [0.717, 1.165) is 25.3 Å². The van der Waals surface area contributed by atoms with Gasteiger partial charge >= 0.3 is 0 Å². The lowest BCUT2D eigenvalue weighted by molar-refractivity contribution is 0.0482. The van der Waals surface area contributed by atoms with Gasteiger partial charge in [-0.3, -0.25) is 14.4 Å². The number of carbonyl (C=O) groups excluding carboxylic acids is 2. The highest BCUT2D eigenvalue weighted by Crippen LogP contribution is 2.45. The van der Waals surface area contributed by atoms with E-state index in [1.54, 1.807) is 4.90 Å². The highest BCUT2D eigenvalue weighted by Gasteiger charge is 2.51. The fourth-order valence-electron chi connectivity index (χ4n) is 5.08. The predicted molar refractivity (Wildman–Crippen MR) is 101 cm³/mol. The highest BCUT2D eigenvalue weighted by molar-refractivity contribution is 5.99. The molecule has 3 aliphatic rings. The van der Waals surface area contributed by atoms with Crippen molar-refractivity contribution in [3.8, 4) is 5.75 Å². The van der Waals surface area contributed by atoms with Crippen LogP contribution in [0.15, 0.2) is 29.2 Å². The van der Waals surface area contributed by atoms with Crippen molar-refractivity contribution in [1.29, 1.82) is 0 Å². The van der Waals surface area contributed by atoms with Crippen molar-refractivity contribution in [3.05, 3.63) is 63.1 Å². The van der Waals surface area contributed by atoms with Gasteiger partial charge in [0.05, 0.1) is 6.04 Å². The number of nitrogens with zero attached hydrogens (tertiary/aromatic N) is 2. The summed E-state index contributed by atoms with van der Waals surface area (Å²) in [5, 5.41) is 12.8. The smallest absolute Gasteiger partial charge is 0.275 e. The minimum Gasteiger partial charge on any atom is -0.503 e. The van der Waals surface area contributed by atoms with Crippen molar-refractivity contribution in [2.45, 2.75) is 44.4 Å². The summed E-state index contributed by atoms with van der Waals surface area (Å²) in [6.07, 6.45) is 4.18. The van der Waals surface area contributed by atoms with Gasteiger partial charge in [-0.05, 0) is 31.2 Å². The molecule has 3 heterocycles. The van der Waals surface area contributed by atoms with E-state index < -0.39 is 28.7 Å². The first kappa shape index (κ1) is 18.8. The molecule has 0 radical (unpaired) electrons. The molecule has 1 aliphatic carbocycles. The van der Waals surface area contributed by atoms with E-state index >= 15 is 0 Å². The number of carbonyl (C=O) groups is 2. The van der Waals surface area contributed by atoms with Crippen LogP contribution in [-0.4, -0.2) is 38.5 Å². The molecule has 1 aromatic carbocycles. The van der Waals surface area contributed by atoms with Crippen molar-refractivity contribution >= 4 is 11.8 Å². The summed E-state index contributed by atoms with van der Waals surface area (Å²) in [4.78, 5) is 39.9. The van der Waals surface area contributed by atoms with Crippen LogP contribution in [0.25, 0.3) is 0 Å². The van der Waals surface area contributed by atoms with Gasteiger partial charge < -0.3 is 19.9 Å². The van der Waals surface area contributed by atoms with E-state index in [0.29, 0.717) is 18.5 Å². The number of piperidine rings is 1. The molecule has 1 saturated carbocycles. The molecule has 2 bridgehead atoms. The zero-order valence-corrected chi connectivity index (χ0v) is 15.9. The van der Waals surface area contributed by atoms with Crippen LogP contribution in [0, 0.1) is 17.6 Å². The first-order valence-corrected chi connectivity index (χ1v) is 9.86. The summed E-state index contributed by atoms with van der Waals surface area (Å²) in [5.74, 6) is -3.11. The number of pyridine rings is 1. The summed E-state index contributed by atoms with van der Waals surface area (Å²) in [6, 6.07) is 3.11. The number of aromatic nitrogens is 1. The summed E-state index contributed by atoms with van der Waals surface area (Å²) in [5.41, 5.74) is -1.32. The minimum absolute atomic E-state index is 0.00475. The number of fused-ring (bicyclic) bond motifs is 6. The van der Waals surface area contributed by atoms with Crippen molar-refractivity contribution < 1.29 is 23.5 Å². The average Bonchev–Trinajstić information content (AvgIpc) is 3.32. The number of amides is 2. The average molecular weight is 415 g/mol. The van der Waals surface area contributed by atoms with Crippen molar-refractivity contribution in [2.75, 3.05) is 0 Å². The molecule has 9 heteroatoms. The minimum atomic E-state index is -0.950. The van der Waals surface area contributed by atoms with E-state index in [9.17, 15) is 28.3 Å². The highest BCUT2D eigenvalue weighted by atomic mass is 19.1. The Morgan fingerprint density at radius 3 is 2.80 bits per heavy atom. The lowest BCUT2D eigenvalue weighted by Gasteiger charge is -2.40. The fraction of sp³-hybridized carbons (Fsp3) is 0.381. The van der Waals surface area contributed by atoms with Gasteiger partial charge in [0.25, 0.3) is 11.8 Å². The third-order valence-corrected chi connectivity index (χ3v) is 6.52. The van der Waals surface area contributed by atoms with E-state index in [1.165, 1.54) is 16.8 Å². The van der Waals surface area contributed by atoms with Crippen LogP contribution in [0.2, 0.25) is 0 Å². The molecule has 5 rings (SSSR count). The van der Waals surface area contributed by atoms with Crippen LogP contribution < -0.4 is 10.7 Å². The van der Waals surface area contributed by atoms with Gasteiger partial charge in [0, 0.05) is 37.0 Å². The van der Waals surface area contributed by atoms with E-state index in [1.807, 2.05) is 0 Å². The number of benzene rings is 1. The monoisotopic (exact) mass is 415 g/mol.